The van der Waals surface area contributed by atoms with Crippen LogP contribution in [0.3, 0.4) is 0 Å². The number of nitrogens with zero attached hydrogens (tertiary/aromatic N) is 4. The molecule has 3 saturated carbocycles. The lowest BCUT2D eigenvalue weighted by atomic mass is 9.35. The number of likely N-dealkylation sites (tertiary alicyclic amines) is 1. The Bertz CT molecular complexity index is 1720. The Labute approximate surface area is 298 Å². The number of hydrogen-bond acceptors (Lipinski definition) is 7. The van der Waals surface area contributed by atoms with Crippen LogP contribution in [0.1, 0.15) is 107 Å². The molecule has 2 bridgehead atoms. The van der Waals surface area contributed by atoms with Gasteiger partial charge in [0.15, 0.2) is 0 Å². The molecule has 8 rings (SSSR count). The minimum atomic E-state index is -4.11. The van der Waals surface area contributed by atoms with Gasteiger partial charge in [0, 0.05) is 35.3 Å². The van der Waals surface area contributed by atoms with Crippen molar-refractivity contribution in [3.63, 3.8) is 0 Å². The van der Waals surface area contributed by atoms with E-state index in [1.54, 1.807) is 6.07 Å². The second-order valence-electron chi connectivity index (χ2n) is 16.9. The highest BCUT2D eigenvalue weighted by atomic mass is 19.4. The Hall–Kier alpha value is -3.22. The van der Waals surface area contributed by atoms with Crippen molar-refractivity contribution in [3.8, 4) is 5.88 Å². The molecule has 2 unspecified atom stereocenters. The first-order chi connectivity index (χ1) is 24.1. The monoisotopic (exact) mass is 711 g/mol. The molecule has 1 N–H and O–H groups in total. The first-order valence-electron chi connectivity index (χ1n) is 18.5. The standard InChI is InChI=1S/C39H52F3N5O4/c1-6-36(5,24-51-35(2,3)4)45-34(48)27-10-11-30-31(18-27)47(19-28-14-17-49-28)32(43-30)20-46-15-12-26(13-16-46)29-8-7-9-33(44-29)50-25-37-21-38(22-37,23-37)39(40,41)42/h7-11,18,26,28H,6,12-17,19-25H2,1-5H3,(H,45,48). The summed E-state index contributed by atoms with van der Waals surface area (Å²) in [5.74, 6) is 1.60. The maximum Gasteiger partial charge on any atom is 0.394 e. The van der Waals surface area contributed by atoms with Gasteiger partial charge >= 0.3 is 6.18 Å². The number of carbonyl (C=O) groups excluding carboxylic acids is 1. The Kier molecular flexibility index (Phi) is 9.44. The quantitative estimate of drug-likeness (QED) is 0.197. The number of piperidine rings is 1. The third-order valence-corrected chi connectivity index (χ3v) is 11.7. The van der Waals surface area contributed by atoms with Crippen LogP contribution in [0.2, 0.25) is 0 Å². The van der Waals surface area contributed by atoms with Crippen molar-refractivity contribution in [2.75, 3.05) is 32.9 Å². The summed E-state index contributed by atoms with van der Waals surface area (Å²) in [6.07, 6.45) is 0.129. The zero-order valence-corrected chi connectivity index (χ0v) is 30.6. The minimum Gasteiger partial charge on any atom is -0.477 e. The fourth-order valence-electron chi connectivity index (χ4n) is 8.22. The van der Waals surface area contributed by atoms with E-state index < -0.39 is 17.1 Å². The molecule has 1 amide bonds. The van der Waals surface area contributed by atoms with Gasteiger partial charge < -0.3 is 24.1 Å². The smallest absolute Gasteiger partial charge is 0.394 e. The lowest BCUT2D eigenvalue weighted by Crippen LogP contribution is -2.69. The van der Waals surface area contributed by atoms with E-state index in [0.29, 0.717) is 37.7 Å². The average molecular weight is 712 g/mol. The predicted octanol–water partition coefficient (Wildman–Crippen LogP) is 7.42. The molecule has 2 aliphatic heterocycles. The van der Waals surface area contributed by atoms with Crippen LogP contribution in [-0.4, -0.2) is 81.7 Å². The first kappa shape index (κ1) is 36.2. The van der Waals surface area contributed by atoms with Crippen LogP contribution in [0.5, 0.6) is 5.88 Å². The fourth-order valence-corrected chi connectivity index (χ4v) is 8.22. The molecule has 0 spiro atoms. The molecule has 1 aromatic carbocycles. The zero-order valence-electron chi connectivity index (χ0n) is 30.6. The Balaban J connectivity index is 0.983. The maximum atomic E-state index is 13.5. The third kappa shape index (κ3) is 7.51. The molecule has 278 valence electrons. The van der Waals surface area contributed by atoms with Gasteiger partial charge in [0.1, 0.15) is 5.82 Å². The van der Waals surface area contributed by atoms with Crippen molar-refractivity contribution in [3.05, 3.63) is 53.5 Å². The van der Waals surface area contributed by atoms with E-state index in [4.69, 9.17) is 24.2 Å². The van der Waals surface area contributed by atoms with Crippen molar-refractivity contribution in [1.82, 2.24) is 24.8 Å². The van der Waals surface area contributed by atoms with Gasteiger partial charge in [-0.2, -0.15) is 13.2 Å². The fraction of sp³-hybridized carbons (Fsp3) is 0.667. The van der Waals surface area contributed by atoms with Gasteiger partial charge in [0.2, 0.25) is 5.88 Å². The van der Waals surface area contributed by atoms with Crippen molar-refractivity contribution in [1.29, 1.82) is 0 Å². The summed E-state index contributed by atoms with van der Waals surface area (Å²) in [6, 6.07) is 11.5. The van der Waals surface area contributed by atoms with Crippen molar-refractivity contribution in [2.45, 2.75) is 122 Å². The van der Waals surface area contributed by atoms with Crippen LogP contribution in [0.4, 0.5) is 13.2 Å². The highest BCUT2D eigenvalue weighted by molar-refractivity contribution is 5.98. The highest BCUT2D eigenvalue weighted by Crippen LogP contribution is 2.78. The summed E-state index contributed by atoms with van der Waals surface area (Å²) >= 11 is 0. The SMILES string of the molecule is CCC(C)(COC(C)(C)C)NC(=O)c1ccc2nc(CN3CCC(c4cccc(OCC56CC(C(F)(F)F)(C5)C6)n4)CC3)n(CC3CCO3)c2c1. The second-order valence-corrected chi connectivity index (χ2v) is 16.9. The van der Waals surface area contributed by atoms with E-state index in [2.05, 4.69) is 21.7 Å². The molecule has 51 heavy (non-hydrogen) atoms. The summed E-state index contributed by atoms with van der Waals surface area (Å²) in [6.45, 7) is 14.7. The number of carbonyl (C=O) groups is 1. The zero-order chi connectivity index (χ0) is 36.2. The van der Waals surface area contributed by atoms with Gasteiger partial charge in [0.05, 0.1) is 60.0 Å². The molecule has 5 aliphatic rings. The Morgan fingerprint density at radius 1 is 1.04 bits per heavy atom. The number of fused-ring (bicyclic) bond motifs is 1. The molecule has 3 aromatic rings. The van der Waals surface area contributed by atoms with E-state index in [-0.39, 0.29) is 48.2 Å². The van der Waals surface area contributed by atoms with Gasteiger partial charge in [-0.15, -0.1) is 0 Å². The van der Waals surface area contributed by atoms with Crippen LogP contribution < -0.4 is 10.1 Å². The van der Waals surface area contributed by atoms with Gasteiger partial charge in [-0.25, -0.2) is 9.97 Å². The van der Waals surface area contributed by atoms with Crippen molar-refractivity contribution < 1.29 is 32.2 Å². The largest absolute Gasteiger partial charge is 0.477 e. The number of halogens is 3. The number of nitrogens with one attached hydrogen (secondary N) is 1. The summed E-state index contributed by atoms with van der Waals surface area (Å²) in [4.78, 5) is 25.8. The number of amides is 1. The Morgan fingerprint density at radius 3 is 2.39 bits per heavy atom. The third-order valence-electron chi connectivity index (χ3n) is 11.7. The summed E-state index contributed by atoms with van der Waals surface area (Å²) in [7, 11) is 0. The lowest BCUT2D eigenvalue weighted by molar-refractivity contribution is -0.367. The summed E-state index contributed by atoms with van der Waals surface area (Å²) < 4.78 is 59.8. The highest BCUT2D eigenvalue weighted by Gasteiger charge is 2.78. The van der Waals surface area contributed by atoms with Gasteiger partial charge in [0.25, 0.3) is 5.91 Å². The molecule has 5 fully saturated rings. The van der Waals surface area contributed by atoms with Crippen LogP contribution in [0, 0.1) is 10.8 Å². The van der Waals surface area contributed by atoms with Crippen molar-refractivity contribution >= 4 is 16.9 Å². The molecule has 2 saturated heterocycles. The summed E-state index contributed by atoms with van der Waals surface area (Å²) in [5.41, 5.74) is 0.748. The molecular formula is C39H52F3N5O4. The number of imidazole rings is 1. The summed E-state index contributed by atoms with van der Waals surface area (Å²) in [5, 5.41) is 3.22. The number of benzene rings is 1. The molecule has 0 radical (unpaired) electrons. The molecular weight excluding hydrogens is 659 g/mol. The normalized spacial score (nSPS) is 26.5. The van der Waals surface area contributed by atoms with E-state index in [1.165, 1.54) is 0 Å². The number of ether oxygens (including phenoxy) is 3. The van der Waals surface area contributed by atoms with Crippen LogP contribution in [0.25, 0.3) is 11.0 Å². The van der Waals surface area contributed by atoms with E-state index in [9.17, 15) is 18.0 Å². The lowest BCUT2D eigenvalue weighted by Gasteiger charge is -2.70. The van der Waals surface area contributed by atoms with Gasteiger partial charge in [-0.1, -0.05) is 13.0 Å². The average Bonchev–Trinajstić information content (AvgIpc) is 3.35. The van der Waals surface area contributed by atoms with Gasteiger partial charge in [-0.05, 0) is 110 Å². The predicted molar refractivity (Wildman–Crippen MR) is 188 cm³/mol. The molecule has 3 aliphatic carbocycles. The molecule has 12 heteroatoms. The van der Waals surface area contributed by atoms with Crippen LogP contribution >= 0.6 is 0 Å². The maximum absolute atomic E-state index is 13.5. The van der Waals surface area contributed by atoms with Crippen molar-refractivity contribution in [2.24, 2.45) is 10.8 Å². The van der Waals surface area contributed by atoms with Gasteiger partial charge in [-0.3, -0.25) is 9.69 Å². The molecule has 2 atom stereocenters. The first-order valence-corrected chi connectivity index (χ1v) is 18.5. The van der Waals surface area contributed by atoms with E-state index in [0.717, 1.165) is 67.9 Å². The van der Waals surface area contributed by atoms with Crippen LogP contribution in [-0.2, 0) is 22.6 Å². The number of hydrogen-bond donors (Lipinski definition) is 1. The molecule has 4 heterocycles. The minimum absolute atomic E-state index is 0.128. The Morgan fingerprint density at radius 2 is 1.76 bits per heavy atom. The van der Waals surface area contributed by atoms with E-state index in [1.807, 2.05) is 58.0 Å². The molecule has 2 aromatic heterocycles. The number of rotatable bonds is 13. The topological polar surface area (TPSA) is 90.7 Å². The number of aromatic nitrogens is 3. The second kappa shape index (κ2) is 13.3. The number of pyridine rings is 1. The van der Waals surface area contributed by atoms with E-state index >= 15 is 0 Å². The molecule has 9 nitrogen and oxygen atoms in total. The van der Waals surface area contributed by atoms with Crippen LogP contribution in [0.15, 0.2) is 36.4 Å². The number of alkyl halides is 3.